The zero-order valence-electron chi connectivity index (χ0n) is 26.3. The molecule has 0 spiro atoms. The third-order valence-corrected chi connectivity index (χ3v) is 11.6. The van der Waals surface area contributed by atoms with E-state index in [0.717, 1.165) is 56.4 Å². The third-order valence-electron chi connectivity index (χ3n) is 11.6. The number of benzene rings is 1. The number of ether oxygens (including phenoxy) is 1. The molecule has 0 aromatic heterocycles. The first kappa shape index (κ1) is 32.6. The molecule has 0 saturated heterocycles. The van der Waals surface area contributed by atoms with E-state index >= 15 is 0 Å². The predicted molar refractivity (Wildman–Crippen MR) is 163 cm³/mol. The van der Waals surface area contributed by atoms with Gasteiger partial charge in [0, 0.05) is 17.9 Å². The highest BCUT2D eigenvalue weighted by Crippen LogP contribution is 2.67. The summed E-state index contributed by atoms with van der Waals surface area (Å²) in [5.74, 6) is -0.674. The zero-order chi connectivity index (χ0) is 32.7. The maximum Gasteiger partial charge on any atom is 0.328 e. The number of carbonyl (C=O) groups excluding carboxylic acids is 3. The molecule has 1 amide bonds. The number of rotatable bonds is 9. The molecule has 45 heavy (non-hydrogen) atoms. The number of carbonyl (C=O) groups is 3. The van der Waals surface area contributed by atoms with E-state index in [1.807, 2.05) is 0 Å². The lowest BCUT2D eigenvalue weighted by atomic mass is 9.46. The number of nitro groups is 1. The van der Waals surface area contributed by atoms with E-state index in [9.17, 15) is 34.7 Å². The molecule has 12 heteroatoms. The fourth-order valence-electron chi connectivity index (χ4n) is 9.06. The van der Waals surface area contributed by atoms with Gasteiger partial charge in [-0.25, -0.2) is 4.79 Å². The number of methoxy groups -OCH3 is 1. The van der Waals surface area contributed by atoms with Crippen LogP contribution in [0.1, 0.15) is 77.7 Å². The van der Waals surface area contributed by atoms with Gasteiger partial charge in [-0.3, -0.25) is 19.7 Å². The molecule has 0 bridgehead atoms. The number of phenols is 1. The van der Waals surface area contributed by atoms with Crippen molar-refractivity contribution in [2.75, 3.05) is 13.7 Å². The van der Waals surface area contributed by atoms with Gasteiger partial charge in [-0.1, -0.05) is 30.6 Å². The highest BCUT2D eigenvalue weighted by molar-refractivity contribution is 5.96. The zero-order valence-corrected chi connectivity index (χ0v) is 26.3. The number of nitrogens with zero attached hydrogens (tertiary/aromatic N) is 2. The number of amides is 1. The van der Waals surface area contributed by atoms with Gasteiger partial charge in [0.15, 0.2) is 18.1 Å². The third kappa shape index (κ3) is 5.73. The van der Waals surface area contributed by atoms with Crippen molar-refractivity contribution in [3.63, 3.8) is 0 Å². The Morgan fingerprint density at radius 2 is 1.87 bits per heavy atom. The number of allylic oxidation sites excluding steroid dienone is 2. The molecule has 1 aromatic carbocycles. The number of hydrogen-bond acceptors (Lipinski definition) is 10. The van der Waals surface area contributed by atoms with E-state index in [0.29, 0.717) is 36.2 Å². The summed E-state index contributed by atoms with van der Waals surface area (Å²) < 4.78 is 4.79. The minimum Gasteiger partial charge on any atom is -0.502 e. The number of nitro benzene ring substituents is 1. The Kier molecular flexibility index (Phi) is 8.82. The Morgan fingerprint density at radius 1 is 1.13 bits per heavy atom. The van der Waals surface area contributed by atoms with Crippen LogP contribution in [0.3, 0.4) is 0 Å². The smallest absolute Gasteiger partial charge is 0.328 e. The van der Waals surface area contributed by atoms with Crippen LogP contribution in [-0.2, 0) is 30.4 Å². The average Bonchev–Trinajstić information content (AvgIpc) is 3.28. The number of ketones is 1. The van der Waals surface area contributed by atoms with Crippen molar-refractivity contribution in [2.24, 2.45) is 33.7 Å². The number of hydrogen-bond donors (Lipinski definition) is 3. The molecule has 7 atom stereocenters. The summed E-state index contributed by atoms with van der Waals surface area (Å²) in [6.45, 7) is 5.56. The van der Waals surface area contributed by atoms with Crippen molar-refractivity contribution in [1.82, 2.24) is 5.32 Å². The molecular formula is C33H43N3O9. The molecular weight excluding hydrogens is 582 g/mol. The number of aliphatic hydroxyl groups is 1. The Balaban J connectivity index is 1.20. The van der Waals surface area contributed by atoms with Crippen LogP contribution in [0.5, 0.6) is 5.75 Å². The number of esters is 1. The highest BCUT2D eigenvalue weighted by atomic mass is 16.6. The Bertz CT molecular complexity index is 1460. The molecule has 3 fully saturated rings. The molecule has 12 nitrogen and oxygen atoms in total. The summed E-state index contributed by atoms with van der Waals surface area (Å²) in [5, 5.41) is 39.0. The molecule has 1 aromatic rings. The molecule has 4 aliphatic rings. The van der Waals surface area contributed by atoms with Crippen molar-refractivity contribution in [3.05, 3.63) is 45.5 Å². The molecule has 4 aliphatic carbocycles. The van der Waals surface area contributed by atoms with Crippen LogP contribution < -0.4 is 5.32 Å². The topological polar surface area (TPSA) is 178 Å². The maximum atomic E-state index is 12.7. The quantitative estimate of drug-likeness (QED) is 0.207. The van der Waals surface area contributed by atoms with E-state index in [1.165, 1.54) is 25.7 Å². The van der Waals surface area contributed by atoms with E-state index in [2.05, 4.69) is 30.4 Å². The number of nitrogens with one attached hydrogen (secondary N) is 1. The lowest BCUT2D eigenvalue weighted by Crippen LogP contribution is -2.57. The van der Waals surface area contributed by atoms with Crippen LogP contribution in [0.25, 0.3) is 0 Å². The van der Waals surface area contributed by atoms with Gasteiger partial charge in [0.05, 0.1) is 17.7 Å². The molecule has 244 valence electrons. The van der Waals surface area contributed by atoms with Gasteiger partial charge < -0.3 is 25.1 Å². The second-order valence-electron chi connectivity index (χ2n) is 13.7. The number of Topliss-reactive ketones (excluding diaryl/α,β-unsaturated/α-hetero) is 1. The van der Waals surface area contributed by atoms with Gasteiger partial charge in [-0.15, -0.1) is 0 Å². The molecule has 0 unspecified atom stereocenters. The predicted octanol–water partition coefficient (Wildman–Crippen LogP) is 4.16. The van der Waals surface area contributed by atoms with Crippen LogP contribution >= 0.6 is 0 Å². The fraction of sp³-hybridized carbons (Fsp3) is 0.636. The fourth-order valence-corrected chi connectivity index (χ4v) is 9.06. The Hall–Kier alpha value is -3.80. The largest absolute Gasteiger partial charge is 0.502 e. The average molecular weight is 626 g/mol. The van der Waals surface area contributed by atoms with Crippen LogP contribution in [0.2, 0.25) is 0 Å². The van der Waals surface area contributed by atoms with Crippen molar-refractivity contribution in [3.8, 4) is 5.75 Å². The van der Waals surface area contributed by atoms with E-state index < -0.39 is 46.5 Å². The standard InChI is InChI=1S/C33H43N3O9/c1-19(37)33(41)14-11-25-23-7-6-21-17-22(9-12-31(21,2)24(23)10-13-32(25,33)3)35-45-18-29(39)34-26(30(40)44-4)15-20-5-8-28(38)27(16-20)36(42)43/h5,8,16-17,23-26,38,41H,6-7,9-15,18H2,1-4H3,(H,34,39)/b35-22+/t23-,24-,25-,26-,31-,32-,33-/m0/s1. The minimum atomic E-state index is -1.22. The minimum absolute atomic E-state index is 0.00854. The van der Waals surface area contributed by atoms with Crippen molar-refractivity contribution >= 4 is 29.1 Å². The van der Waals surface area contributed by atoms with E-state index in [-0.39, 0.29) is 23.0 Å². The first-order chi connectivity index (χ1) is 21.2. The van der Waals surface area contributed by atoms with Gasteiger partial charge in [-0.2, -0.15) is 0 Å². The summed E-state index contributed by atoms with van der Waals surface area (Å²) >= 11 is 0. The monoisotopic (exact) mass is 625 g/mol. The van der Waals surface area contributed by atoms with E-state index in [4.69, 9.17) is 9.57 Å². The van der Waals surface area contributed by atoms with Crippen LogP contribution in [0, 0.1) is 38.7 Å². The lowest BCUT2D eigenvalue weighted by Gasteiger charge is -2.59. The van der Waals surface area contributed by atoms with Crippen molar-refractivity contribution < 1.29 is 39.1 Å². The number of phenolic OH excluding ortho intramolecular Hbond substituents is 1. The summed E-state index contributed by atoms with van der Waals surface area (Å²) in [6.07, 6.45) is 8.78. The second-order valence-corrected chi connectivity index (χ2v) is 13.7. The van der Waals surface area contributed by atoms with Crippen LogP contribution in [-0.4, -0.2) is 63.9 Å². The molecule has 3 N–H and O–H groups in total. The van der Waals surface area contributed by atoms with Crippen LogP contribution in [0.15, 0.2) is 35.0 Å². The second kappa shape index (κ2) is 12.2. The summed E-state index contributed by atoms with van der Waals surface area (Å²) in [4.78, 5) is 53.3. The van der Waals surface area contributed by atoms with Gasteiger partial charge in [0.2, 0.25) is 0 Å². The lowest BCUT2D eigenvalue weighted by molar-refractivity contribution is -0.385. The van der Waals surface area contributed by atoms with E-state index in [1.54, 1.807) is 0 Å². The maximum absolute atomic E-state index is 12.7. The summed E-state index contributed by atoms with van der Waals surface area (Å²) in [7, 11) is 1.17. The van der Waals surface area contributed by atoms with Gasteiger partial charge in [0.25, 0.3) is 5.91 Å². The number of oxime groups is 1. The van der Waals surface area contributed by atoms with Gasteiger partial charge in [0.1, 0.15) is 11.6 Å². The molecule has 0 heterocycles. The van der Waals surface area contributed by atoms with Crippen LogP contribution in [0.4, 0.5) is 5.69 Å². The Labute approximate surface area is 262 Å². The highest BCUT2D eigenvalue weighted by Gasteiger charge is 2.65. The summed E-state index contributed by atoms with van der Waals surface area (Å²) in [6, 6.07) is 2.60. The van der Waals surface area contributed by atoms with Crippen molar-refractivity contribution in [2.45, 2.75) is 90.2 Å². The first-order valence-corrected chi connectivity index (χ1v) is 15.7. The number of fused-ring (bicyclic) bond motifs is 5. The summed E-state index contributed by atoms with van der Waals surface area (Å²) in [5.41, 5.74) is 0.345. The Morgan fingerprint density at radius 3 is 2.56 bits per heavy atom. The first-order valence-electron chi connectivity index (χ1n) is 15.7. The normalized spacial score (nSPS) is 33.6. The molecule has 0 aliphatic heterocycles. The van der Waals surface area contributed by atoms with Gasteiger partial charge >= 0.3 is 11.7 Å². The molecule has 5 rings (SSSR count). The van der Waals surface area contributed by atoms with Crippen molar-refractivity contribution in [1.29, 1.82) is 0 Å². The molecule has 0 radical (unpaired) electrons. The van der Waals surface area contributed by atoms with Gasteiger partial charge in [-0.05, 0) is 99.2 Å². The molecule has 3 saturated carbocycles. The number of aromatic hydroxyl groups is 1. The SMILES string of the molecule is COC(=O)[C@H](Cc1ccc(O)c([N+](=O)[O-])c1)NC(=O)CO/N=C1/C=C2CC[C@H]3[C@H](CC[C@@]4(C)[C@H]3CC[C@]4(O)C(C)=O)[C@@]2(C)CC1.